The van der Waals surface area contributed by atoms with E-state index in [1.165, 1.54) is 36.8 Å². The van der Waals surface area contributed by atoms with E-state index >= 15 is 0 Å². The normalized spacial score (nSPS) is 17.4. The van der Waals surface area contributed by atoms with Crippen molar-refractivity contribution in [3.8, 4) is 0 Å². The van der Waals surface area contributed by atoms with Gasteiger partial charge in [0.15, 0.2) is 0 Å². The van der Waals surface area contributed by atoms with Crippen LogP contribution in [0, 0.1) is 0 Å². The molecule has 0 saturated heterocycles. The van der Waals surface area contributed by atoms with Gasteiger partial charge in [0, 0.05) is 28.5 Å². The Balaban J connectivity index is 2.22. The zero-order valence-corrected chi connectivity index (χ0v) is 11.0. The van der Waals surface area contributed by atoms with Crippen LogP contribution < -0.4 is 0 Å². The summed E-state index contributed by atoms with van der Waals surface area (Å²) in [6, 6.07) is 6.36. The van der Waals surface area contributed by atoms with Crippen LogP contribution in [0.15, 0.2) is 22.7 Å². The minimum absolute atomic E-state index is 0.712. The molecule has 2 aromatic rings. The summed E-state index contributed by atoms with van der Waals surface area (Å²) in [5.74, 6) is 0.712. The van der Waals surface area contributed by atoms with Crippen LogP contribution in [-0.4, -0.2) is 9.78 Å². The van der Waals surface area contributed by atoms with Crippen molar-refractivity contribution in [1.82, 2.24) is 9.78 Å². The van der Waals surface area contributed by atoms with E-state index in [1.54, 1.807) is 0 Å². The molecule has 16 heavy (non-hydrogen) atoms. The number of benzene rings is 1. The number of nitrogens with zero attached hydrogens (tertiary/aromatic N) is 2. The second kappa shape index (κ2) is 3.88. The summed E-state index contributed by atoms with van der Waals surface area (Å²) in [6.07, 6.45) is 5.37. The maximum atomic E-state index is 4.63. The van der Waals surface area contributed by atoms with Crippen molar-refractivity contribution in [3.05, 3.63) is 28.4 Å². The molecule has 3 rings (SSSR count). The fraction of sp³-hybridized carbons (Fsp3) is 0.462. The lowest BCUT2D eigenvalue weighted by atomic mass is 10.0. The fourth-order valence-corrected chi connectivity index (χ4v) is 3.33. The van der Waals surface area contributed by atoms with Crippen molar-refractivity contribution in [2.45, 2.75) is 31.6 Å². The van der Waals surface area contributed by atoms with Gasteiger partial charge in [0.05, 0.1) is 0 Å². The average molecular weight is 279 g/mol. The summed E-state index contributed by atoms with van der Waals surface area (Å²) < 4.78 is 3.18. The molecule has 0 radical (unpaired) electrons. The Morgan fingerprint density at radius 2 is 2.06 bits per heavy atom. The number of halogens is 1. The zero-order chi connectivity index (χ0) is 11.1. The van der Waals surface area contributed by atoms with Gasteiger partial charge in [0.25, 0.3) is 0 Å². The molecular formula is C13H15BrN2. The van der Waals surface area contributed by atoms with E-state index in [0.29, 0.717) is 5.92 Å². The Hall–Kier alpha value is -0.830. The van der Waals surface area contributed by atoms with E-state index < -0.39 is 0 Å². The second-order valence-electron chi connectivity index (χ2n) is 4.63. The molecule has 0 spiro atoms. The van der Waals surface area contributed by atoms with Gasteiger partial charge in [-0.25, -0.2) is 0 Å². The molecule has 1 heterocycles. The molecule has 0 unspecified atom stereocenters. The monoisotopic (exact) mass is 278 g/mol. The lowest BCUT2D eigenvalue weighted by Gasteiger charge is -2.09. The first-order chi connectivity index (χ1) is 7.77. The van der Waals surface area contributed by atoms with Crippen molar-refractivity contribution in [2.24, 2.45) is 7.05 Å². The molecule has 1 aromatic carbocycles. The maximum Gasteiger partial charge on any atom is 0.107 e. The summed E-state index contributed by atoms with van der Waals surface area (Å²) in [4.78, 5) is 0. The Bertz CT molecular complexity index is 524. The summed E-state index contributed by atoms with van der Waals surface area (Å²) in [5, 5.41) is 5.95. The maximum absolute atomic E-state index is 4.63. The van der Waals surface area contributed by atoms with Gasteiger partial charge in [-0.15, -0.1) is 0 Å². The molecule has 1 fully saturated rings. The lowest BCUT2D eigenvalue weighted by Crippen LogP contribution is -2.02. The van der Waals surface area contributed by atoms with Crippen LogP contribution in [0.5, 0.6) is 0 Å². The molecule has 84 valence electrons. The van der Waals surface area contributed by atoms with E-state index in [4.69, 9.17) is 0 Å². The van der Waals surface area contributed by atoms with Crippen LogP contribution in [0.3, 0.4) is 0 Å². The molecular weight excluding hydrogens is 264 g/mol. The van der Waals surface area contributed by atoms with Gasteiger partial charge in [-0.2, -0.15) is 5.10 Å². The van der Waals surface area contributed by atoms with E-state index in [1.807, 2.05) is 0 Å². The van der Waals surface area contributed by atoms with Crippen molar-refractivity contribution in [3.63, 3.8) is 0 Å². The Morgan fingerprint density at radius 3 is 2.81 bits per heavy atom. The first-order valence-corrected chi connectivity index (χ1v) is 6.68. The molecule has 0 amide bonds. The predicted octanol–water partition coefficient (Wildman–Crippen LogP) is 3.99. The van der Waals surface area contributed by atoms with Gasteiger partial charge in [0.2, 0.25) is 0 Å². The summed E-state index contributed by atoms with van der Waals surface area (Å²) in [7, 11) is 2.07. The van der Waals surface area contributed by atoms with E-state index in [-0.39, 0.29) is 0 Å². The van der Waals surface area contributed by atoms with Gasteiger partial charge >= 0.3 is 0 Å². The molecule has 1 aliphatic carbocycles. The number of aryl methyl sites for hydroxylation is 1. The summed E-state index contributed by atoms with van der Waals surface area (Å²) >= 11 is 3.58. The third-order valence-corrected chi connectivity index (χ3v) is 4.24. The molecule has 0 atom stereocenters. The van der Waals surface area contributed by atoms with Crippen molar-refractivity contribution >= 4 is 26.8 Å². The highest BCUT2D eigenvalue weighted by molar-refractivity contribution is 9.10. The average Bonchev–Trinajstić information content (AvgIpc) is 2.85. The molecule has 1 aliphatic rings. The van der Waals surface area contributed by atoms with Gasteiger partial charge in [-0.1, -0.05) is 25.0 Å². The van der Waals surface area contributed by atoms with E-state index in [9.17, 15) is 0 Å². The smallest absolute Gasteiger partial charge is 0.107 e. The van der Waals surface area contributed by atoms with Crippen LogP contribution in [0.1, 0.15) is 37.3 Å². The minimum Gasteiger partial charge on any atom is -0.271 e. The number of fused-ring (bicyclic) bond motifs is 1. The van der Waals surface area contributed by atoms with Crippen LogP contribution in [0.4, 0.5) is 0 Å². The third-order valence-electron chi connectivity index (χ3n) is 3.60. The molecule has 2 nitrogen and oxygen atoms in total. The highest BCUT2D eigenvalue weighted by Gasteiger charge is 2.23. The fourth-order valence-electron chi connectivity index (χ4n) is 2.89. The first kappa shape index (κ1) is 10.3. The van der Waals surface area contributed by atoms with Crippen molar-refractivity contribution in [2.75, 3.05) is 0 Å². The summed E-state index contributed by atoms with van der Waals surface area (Å²) in [5.41, 5.74) is 2.53. The molecule has 0 N–H and O–H groups in total. The predicted molar refractivity (Wildman–Crippen MR) is 69.6 cm³/mol. The largest absolute Gasteiger partial charge is 0.271 e. The standard InChI is InChI=1S/C13H15BrN2/c1-16-13(9-5-2-3-6-9)10-7-4-8-11(14)12(10)15-16/h4,7-9H,2-3,5-6H2,1H3. The highest BCUT2D eigenvalue weighted by atomic mass is 79.9. The molecule has 1 aromatic heterocycles. The van der Waals surface area contributed by atoms with Crippen LogP contribution >= 0.6 is 15.9 Å². The number of hydrogen-bond donors (Lipinski definition) is 0. The van der Waals surface area contributed by atoms with Crippen LogP contribution in [0.25, 0.3) is 10.9 Å². The third kappa shape index (κ3) is 1.49. The Labute approximate surface area is 104 Å². The Morgan fingerprint density at radius 1 is 1.31 bits per heavy atom. The highest BCUT2D eigenvalue weighted by Crippen LogP contribution is 2.38. The topological polar surface area (TPSA) is 17.8 Å². The van der Waals surface area contributed by atoms with Gasteiger partial charge in [-0.05, 0) is 34.8 Å². The van der Waals surface area contributed by atoms with E-state index in [2.05, 4.69) is 51.0 Å². The SMILES string of the molecule is Cn1nc2c(Br)cccc2c1C1CCCC1. The molecule has 0 bridgehead atoms. The number of aromatic nitrogens is 2. The molecule has 3 heteroatoms. The first-order valence-electron chi connectivity index (χ1n) is 5.88. The molecule has 1 saturated carbocycles. The second-order valence-corrected chi connectivity index (χ2v) is 5.48. The van der Waals surface area contributed by atoms with Crippen LogP contribution in [0.2, 0.25) is 0 Å². The molecule has 0 aliphatic heterocycles. The lowest BCUT2D eigenvalue weighted by molar-refractivity contribution is 0.623. The number of hydrogen-bond acceptors (Lipinski definition) is 1. The quantitative estimate of drug-likeness (QED) is 0.771. The summed E-state index contributed by atoms with van der Waals surface area (Å²) in [6.45, 7) is 0. The van der Waals surface area contributed by atoms with Crippen LogP contribution in [-0.2, 0) is 7.05 Å². The zero-order valence-electron chi connectivity index (χ0n) is 9.41. The minimum atomic E-state index is 0.712. The van der Waals surface area contributed by atoms with E-state index in [0.717, 1.165) is 9.99 Å². The Kier molecular flexibility index (Phi) is 2.51. The number of rotatable bonds is 1. The van der Waals surface area contributed by atoms with Gasteiger partial charge in [0.1, 0.15) is 5.52 Å². The van der Waals surface area contributed by atoms with Crippen molar-refractivity contribution in [1.29, 1.82) is 0 Å². The van der Waals surface area contributed by atoms with Crippen molar-refractivity contribution < 1.29 is 0 Å². The van der Waals surface area contributed by atoms with Gasteiger partial charge < -0.3 is 0 Å². The van der Waals surface area contributed by atoms with Gasteiger partial charge in [-0.3, -0.25) is 4.68 Å².